The molecule has 1 heterocycles. The average molecular weight is 543 g/mol. The molecule has 0 aliphatic rings. The molecule has 5 rings (SSSR count). The van der Waals surface area contributed by atoms with Gasteiger partial charge in [0.2, 0.25) is 0 Å². The van der Waals surface area contributed by atoms with Gasteiger partial charge in [-0.15, -0.1) is 0 Å². The van der Waals surface area contributed by atoms with Gasteiger partial charge in [-0.3, -0.25) is 0 Å². The van der Waals surface area contributed by atoms with Crippen LogP contribution >= 0.6 is 20.8 Å². The summed E-state index contributed by atoms with van der Waals surface area (Å²) in [6, 6.07) is 43.1. The second-order valence-electron chi connectivity index (χ2n) is 8.61. The van der Waals surface area contributed by atoms with Crippen molar-refractivity contribution in [2.75, 3.05) is 6.61 Å². The zero-order valence-corrected chi connectivity index (χ0v) is 21.9. The van der Waals surface area contributed by atoms with E-state index < -0.39 is 5.31 Å². The Balaban J connectivity index is 1.53. The van der Waals surface area contributed by atoms with E-state index in [4.69, 9.17) is 4.74 Å². The molecule has 0 aliphatic carbocycles. The van der Waals surface area contributed by atoms with Crippen molar-refractivity contribution in [2.45, 2.75) is 12.7 Å². The molecule has 0 N–H and O–H groups in total. The third-order valence-corrected chi connectivity index (χ3v) is 16.0. The predicted molar refractivity (Wildman–Crippen MR) is 152 cm³/mol. The standard InChI is InChI=1S/C30H28BrN2OP/c31-35(28-11-4-1-5-12-28,29-13-6-2-7-14-29,30-15-8-3-9-16-30)25-26-17-19-27(20-18-26)34-24-23-33-22-10-21-32-33/h1-22H,23-25H2. The maximum absolute atomic E-state index is 5.98. The number of nitrogens with zero attached hydrogens (tertiary/aromatic N) is 2. The quantitative estimate of drug-likeness (QED) is 0.204. The van der Waals surface area contributed by atoms with Crippen LogP contribution in [0, 0.1) is 0 Å². The first-order valence-corrected chi connectivity index (χ1v) is 16.2. The van der Waals surface area contributed by atoms with E-state index in [9.17, 15) is 0 Å². The van der Waals surface area contributed by atoms with Gasteiger partial charge < -0.3 is 0 Å². The molecule has 1 aromatic heterocycles. The fraction of sp³-hybridized carbons (Fsp3) is 0.100. The third-order valence-electron chi connectivity index (χ3n) is 6.43. The maximum atomic E-state index is 5.98. The molecule has 0 spiro atoms. The summed E-state index contributed by atoms with van der Waals surface area (Å²) >= 11 is 4.53. The van der Waals surface area contributed by atoms with E-state index in [1.54, 1.807) is 6.20 Å². The molecule has 0 saturated heterocycles. The van der Waals surface area contributed by atoms with Crippen LogP contribution in [-0.2, 0) is 12.7 Å². The molecule has 0 fully saturated rings. The van der Waals surface area contributed by atoms with Gasteiger partial charge in [0, 0.05) is 0 Å². The van der Waals surface area contributed by atoms with Gasteiger partial charge >= 0.3 is 216 Å². The zero-order valence-electron chi connectivity index (χ0n) is 19.5. The third kappa shape index (κ3) is 4.69. The Bertz CT molecular complexity index is 1240. The minimum absolute atomic E-state index is 0.580. The van der Waals surface area contributed by atoms with Crippen LogP contribution in [0.5, 0.6) is 5.75 Å². The fourth-order valence-corrected chi connectivity index (χ4v) is 12.4. The molecule has 4 aromatic carbocycles. The van der Waals surface area contributed by atoms with Crippen LogP contribution in [0.4, 0.5) is 0 Å². The number of benzene rings is 4. The van der Waals surface area contributed by atoms with Gasteiger partial charge in [0.05, 0.1) is 0 Å². The molecule has 5 aromatic rings. The normalized spacial score (nSPS) is 12.5. The summed E-state index contributed by atoms with van der Waals surface area (Å²) in [6.45, 7) is 1.31. The second kappa shape index (κ2) is 10.2. The van der Waals surface area contributed by atoms with Gasteiger partial charge in [0.25, 0.3) is 0 Å². The molecule has 0 atom stereocenters. The van der Waals surface area contributed by atoms with E-state index in [1.165, 1.54) is 21.5 Å². The van der Waals surface area contributed by atoms with Crippen LogP contribution in [0.3, 0.4) is 0 Å². The van der Waals surface area contributed by atoms with Gasteiger partial charge in [-0.2, -0.15) is 0 Å². The average Bonchev–Trinajstić information content (AvgIpc) is 3.45. The molecular weight excluding hydrogens is 515 g/mol. The van der Waals surface area contributed by atoms with Crippen molar-refractivity contribution in [1.29, 1.82) is 0 Å². The van der Waals surface area contributed by atoms with Crippen molar-refractivity contribution < 1.29 is 4.74 Å². The van der Waals surface area contributed by atoms with Gasteiger partial charge in [0.1, 0.15) is 0 Å². The van der Waals surface area contributed by atoms with Gasteiger partial charge in [-0.05, 0) is 0 Å². The van der Waals surface area contributed by atoms with Gasteiger partial charge in [0.15, 0.2) is 0 Å². The van der Waals surface area contributed by atoms with Crippen LogP contribution < -0.4 is 20.7 Å². The Kier molecular flexibility index (Phi) is 6.86. The van der Waals surface area contributed by atoms with Crippen LogP contribution in [-0.4, -0.2) is 16.4 Å². The molecule has 0 saturated carbocycles. The van der Waals surface area contributed by atoms with E-state index in [0.29, 0.717) is 6.61 Å². The topological polar surface area (TPSA) is 27.1 Å². The van der Waals surface area contributed by atoms with Crippen molar-refractivity contribution in [1.82, 2.24) is 9.78 Å². The molecule has 35 heavy (non-hydrogen) atoms. The summed E-state index contributed by atoms with van der Waals surface area (Å²) in [5.41, 5.74) is 1.26. The van der Waals surface area contributed by atoms with Crippen LogP contribution in [0.1, 0.15) is 5.56 Å². The number of rotatable bonds is 9. The summed E-state index contributed by atoms with van der Waals surface area (Å²) < 4.78 is 7.86. The Morgan fingerprint density at radius 3 is 1.63 bits per heavy atom. The summed E-state index contributed by atoms with van der Waals surface area (Å²) in [5.74, 6) is 0.870. The van der Waals surface area contributed by atoms with E-state index in [2.05, 4.69) is 136 Å². The van der Waals surface area contributed by atoms with E-state index in [0.717, 1.165) is 18.5 Å². The summed E-state index contributed by atoms with van der Waals surface area (Å²) in [5, 5.41) is 5.17. The van der Waals surface area contributed by atoms with E-state index >= 15 is 0 Å². The molecule has 0 radical (unpaired) electrons. The second-order valence-corrected chi connectivity index (χ2v) is 17.5. The van der Waals surface area contributed by atoms with Gasteiger partial charge in [-0.25, -0.2) is 0 Å². The van der Waals surface area contributed by atoms with Crippen LogP contribution in [0.2, 0.25) is 0 Å². The molecular formula is C30H28BrN2OP. The summed E-state index contributed by atoms with van der Waals surface area (Å²) in [7, 11) is 0. The fourth-order valence-electron chi connectivity index (χ4n) is 4.66. The van der Waals surface area contributed by atoms with Crippen molar-refractivity contribution in [3.05, 3.63) is 139 Å². The monoisotopic (exact) mass is 542 g/mol. The first-order valence-electron chi connectivity index (χ1n) is 11.8. The number of halogens is 1. The zero-order chi connectivity index (χ0) is 24.0. The Morgan fingerprint density at radius 2 is 1.17 bits per heavy atom. The Labute approximate surface area is 215 Å². The molecule has 3 nitrogen and oxygen atoms in total. The van der Waals surface area contributed by atoms with Crippen LogP contribution in [0.25, 0.3) is 0 Å². The van der Waals surface area contributed by atoms with E-state index in [1.807, 2.05) is 16.9 Å². The van der Waals surface area contributed by atoms with Gasteiger partial charge in [-0.1, -0.05) is 0 Å². The predicted octanol–water partition coefficient (Wildman–Crippen LogP) is 6.30. The minimum atomic E-state index is -3.00. The van der Waals surface area contributed by atoms with Crippen molar-refractivity contribution in [3.8, 4) is 5.75 Å². The molecule has 176 valence electrons. The van der Waals surface area contributed by atoms with E-state index in [-0.39, 0.29) is 0 Å². The van der Waals surface area contributed by atoms with Crippen molar-refractivity contribution in [2.24, 2.45) is 0 Å². The molecule has 0 bridgehead atoms. The Morgan fingerprint density at radius 1 is 0.657 bits per heavy atom. The molecule has 0 unspecified atom stereocenters. The summed E-state index contributed by atoms with van der Waals surface area (Å²) in [4.78, 5) is 0. The number of hydrogen-bond acceptors (Lipinski definition) is 2. The van der Waals surface area contributed by atoms with Crippen molar-refractivity contribution >= 4 is 36.7 Å². The summed E-state index contributed by atoms with van der Waals surface area (Å²) in [6.07, 6.45) is 4.59. The number of aromatic nitrogens is 2. The first kappa shape index (κ1) is 23.5. The molecule has 0 aliphatic heterocycles. The molecule has 5 heteroatoms. The first-order chi connectivity index (χ1) is 17.2. The van der Waals surface area contributed by atoms with Crippen LogP contribution in [0.15, 0.2) is 134 Å². The number of hydrogen-bond donors (Lipinski definition) is 0. The molecule has 0 amide bonds. The Hall–Kier alpha value is -3.20. The number of ether oxygens (including phenoxy) is 1. The van der Waals surface area contributed by atoms with Crippen molar-refractivity contribution in [3.63, 3.8) is 0 Å². The SMILES string of the molecule is BrP(Cc1ccc(OCCn2cccn2)cc1)(c1ccccc1)(c1ccccc1)c1ccccc1.